The van der Waals surface area contributed by atoms with Gasteiger partial charge in [0.15, 0.2) is 17.8 Å². The Hall–Kier alpha value is -5.84. The van der Waals surface area contributed by atoms with E-state index in [1.54, 1.807) is 65.8 Å². The van der Waals surface area contributed by atoms with Crippen LogP contribution in [-0.2, 0) is 5.66 Å². The van der Waals surface area contributed by atoms with Crippen molar-refractivity contribution in [2.45, 2.75) is 11.8 Å². The molecule has 41 heavy (non-hydrogen) atoms. The van der Waals surface area contributed by atoms with Crippen molar-refractivity contribution in [1.29, 1.82) is 0 Å². The Kier molecular flexibility index (Phi) is 6.13. The van der Waals surface area contributed by atoms with Crippen LogP contribution in [0.2, 0.25) is 0 Å². The molecule has 198 valence electrons. The Morgan fingerprint density at radius 1 is 0.756 bits per heavy atom. The molecule has 0 radical (unpaired) electrons. The zero-order valence-electron chi connectivity index (χ0n) is 20.8. The molecule has 2 atom stereocenters. The van der Waals surface area contributed by atoms with E-state index < -0.39 is 11.8 Å². The van der Waals surface area contributed by atoms with Crippen LogP contribution in [0.3, 0.4) is 0 Å². The highest BCUT2D eigenvalue weighted by Crippen LogP contribution is 2.49. The maximum absolute atomic E-state index is 5.15. The van der Waals surface area contributed by atoms with E-state index in [4.69, 9.17) is 15.0 Å². The molecule has 6 aromatic rings. The van der Waals surface area contributed by atoms with Crippen molar-refractivity contribution in [2.75, 3.05) is 9.80 Å². The van der Waals surface area contributed by atoms with Gasteiger partial charge in [-0.1, -0.05) is 10.6 Å². The molecule has 7 heterocycles. The molecule has 0 fully saturated rings. The Bertz CT molecular complexity index is 1700. The molecule has 0 spiro atoms. The fourth-order valence-corrected chi connectivity index (χ4v) is 5.02. The maximum atomic E-state index is 5.15. The van der Waals surface area contributed by atoms with Gasteiger partial charge in [0.25, 0.3) is 0 Å². The van der Waals surface area contributed by atoms with Crippen molar-refractivity contribution in [3.05, 3.63) is 114 Å². The van der Waals surface area contributed by atoms with Crippen LogP contribution < -0.4 is 9.80 Å². The standard InChI is InChI=1S/C24H16N16S/c1-2-6-27-18(4-1)24(22-28-12-13-31-36-22)39(19-15-41-38-35-19)20(16-5-9-32-37-34-16)33-21(17-14-25-10-11-26-17)40(24)23-29-7-3-8-30-23/h1-15,20H. The Morgan fingerprint density at radius 3 is 2.37 bits per heavy atom. The molecule has 0 amide bonds. The lowest BCUT2D eigenvalue weighted by Gasteiger charge is -2.53. The lowest BCUT2D eigenvalue weighted by atomic mass is 9.95. The van der Waals surface area contributed by atoms with E-state index in [0.29, 0.717) is 28.7 Å². The van der Waals surface area contributed by atoms with Gasteiger partial charge in [-0.15, -0.1) is 20.4 Å². The molecule has 2 unspecified atom stereocenters. The number of pyridine rings is 1. The smallest absolute Gasteiger partial charge is 0.233 e. The minimum atomic E-state index is -1.56. The average Bonchev–Trinajstić information content (AvgIpc) is 3.60. The molecule has 16 nitrogen and oxygen atoms in total. The van der Waals surface area contributed by atoms with E-state index in [1.807, 2.05) is 23.1 Å². The van der Waals surface area contributed by atoms with Gasteiger partial charge in [0, 0.05) is 37.2 Å². The third-order valence-corrected chi connectivity index (χ3v) is 6.61. The monoisotopic (exact) mass is 560 g/mol. The molecule has 1 aliphatic rings. The first-order valence-corrected chi connectivity index (χ1v) is 12.9. The summed E-state index contributed by atoms with van der Waals surface area (Å²) < 4.78 is 4.16. The molecule has 1 aliphatic heterocycles. The van der Waals surface area contributed by atoms with Crippen LogP contribution >= 0.6 is 11.5 Å². The average molecular weight is 561 g/mol. The molecule has 0 N–H and O–H groups in total. The largest absolute Gasteiger partial charge is 0.291 e. The summed E-state index contributed by atoms with van der Waals surface area (Å²) in [6, 6.07) is 8.94. The minimum absolute atomic E-state index is 0.224. The van der Waals surface area contributed by atoms with Crippen molar-refractivity contribution in [3.63, 3.8) is 0 Å². The van der Waals surface area contributed by atoms with Crippen molar-refractivity contribution in [1.82, 2.24) is 65.1 Å². The zero-order valence-corrected chi connectivity index (χ0v) is 21.6. The van der Waals surface area contributed by atoms with Gasteiger partial charge in [0.2, 0.25) is 17.4 Å². The molecule has 0 bridgehead atoms. The quantitative estimate of drug-likeness (QED) is 0.283. The highest BCUT2D eigenvalue weighted by atomic mass is 32.1. The lowest BCUT2D eigenvalue weighted by Crippen LogP contribution is -2.67. The Labute approximate surface area is 235 Å². The first-order chi connectivity index (χ1) is 20.4. The van der Waals surface area contributed by atoms with Gasteiger partial charge in [-0.2, -0.15) is 5.10 Å². The van der Waals surface area contributed by atoms with Crippen LogP contribution in [0.15, 0.2) is 96.5 Å². The molecule has 0 aromatic carbocycles. The summed E-state index contributed by atoms with van der Waals surface area (Å²) in [5.41, 5.74) is -0.201. The Balaban J connectivity index is 1.68. The summed E-state index contributed by atoms with van der Waals surface area (Å²) in [7, 11) is 0. The van der Waals surface area contributed by atoms with Gasteiger partial charge in [0.1, 0.15) is 11.4 Å². The van der Waals surface area contributed by atoms with Gasteiger partial charge in [0.05, 0.1) is 29.7 Å². The number of rotatable bonds is 6. The SMILES string of the molecule is c1ccc(C2(c3nccnn3)N(c3ncccn3)C(c3cnccn3)=NC(c3ccnnn3)N2c2csnn2)nc1. The third-order valence-electron chi connectivity index (χ3n) is 6.12. The topological polar surface area (TPSA) is 186 Å². The zero-order chi connectivity index (χ0) is 27.5. The summed E-state index contributed by atoms with van der Waals surface area (Å²) >= 11 is 1.17. The van der Waals surface area contributed by atoms with Gasteiger partial charge in [-0.25, -0.2) is 24.9 Å². The van der Waals surface area contributed by atoms with Gasteiger partial charge >= 0.3 is 0 Å². The van der Waals surface area contributed by atoms with Crippen molar-refractivity contribution < 1.29 is 0 Å². The van der Waals surface area contributed by atoms with Crippen molar-refractivity contribution >= 4 is 29.1 Å². The predicted molar refractivity (Wildman–Crippen MR) is 143 cm³/mol. The fraction of sp³-hybridized carbons (Fsp3) is 0.0833. The van der Waals surface area contributed by atoms with Crippen LogP contribution in [0.25, 0.3) is 0 Å². The highest BCUT2D eigenvalue weighted by molar-refractivity contribution is 7.03. The highest BCUT2D eigenvalue weighted by Gasteiger charge is 2.59. The fourth-order valence-electron chi connectivity index (χ4n) is 4.59. The number of aromatic nitrogens is 13. The number of aliphatic imine (C=N–C) groups is 1. The second kappa shape index (κ2) is 10.4. The number of hydrogen-bond acceptors (Lipinski definition) is 17. The normalized spacial score (nSPS) is 18.6. The van der Waals surface area contributed by atoms with E-state index in [1.165, 1.54) is 23.9 Å². The van der Waals surface area contributed by atoms with Crippen LogP contribution in [0.4, 0.5) is 11.8 Å². The van der Waals surface area contributed by atoms with Crippen LogP contribution in [0.1, 0.15) is 29.1 Å². The van der Waals surface area contributed by atoms with Crippen LogP contribution in [0, 0.1) is 0 Å². The molecule has 7 rings (SSSR count). The minimum Gasteiger partial charge on any atom is -0.291 e. The number of nitrogens with zero attached hydrogens (tertiary/aromatic N) is 16. The Morgan fingerprint density at radius 2 is 1.66 bits per heavy atom. The first-order valence-electron chi connectivity index (χ1n) is 12.0. The van der Waals surface area contributed by atoms with E-state index in [-0.39, 0.29) is 11.8 Å². The van der Waals surface area contributed by atoms with Gasteiger partial charge in [-0.05, 0) is 41.0 Å². The van der Waals surface area contributed by atoms with Gasteiger partial charge in [-0.3, -0.25) is 19.8 Å². The lowest BCUT2D eigenvalue weighted by molar-refractivity contribution is 0.372. The second-order valence-electron chi connectivity index (χ2n) is 8.33. The maximum Gasteiger partial charge on any atom is 0.233 e. The molecule has 0 aliphatic carbocycles. The molecule has 0 saturated heterocycles. The van der Waals surface area contributed by atoms with Crippen LogP contribution in [-0.4, -0.2) is 70.9 Å². The summed E-state index contributed by atoms with van der Waals surface area (Å²) in [6.07, 6.45) is 13.3. The molecular weight excluding hydrogens is 544 g/mol. The molecule has 17 heteroatoms. The number of amidine groups is 1. The molecule has 6 aromatic heterocycles. The summed E-state index contributed by atoms with van der Waals surface area (Å²) in [5.74, 6) is 1.25. The number of hydrogen-bond donors (Lipinski definition) is 0. The number of anilines is 2. The van der Waals surface area contributed by atoms with Crippen molar-refractivity contribution in [3.8, 4) is 0 Å². The van der Waals surface area contributed by atoms with Crippen LogP contribution in [0.5, 0.6) is 0 Å². The summed E-state index contributed by atoms with van der Waals surface area (Å²) in [6.45, 7) is 0. The van der Waals surface area contributed by atoms with Crippen molar-refractivity contribution in [2.24, 2.45) is 4.99 Å². The first kappa shape index (κ1) is 24.2. The van der Waals surface area contributed by atoms with E-state index in [9.17, 15) is 0 Å². The summed E-state index contributed by atoms with van der Waals surface area (Å²) in [5, 5.41) is 27.0. The third kappa shape index (κ3) is 4.07. The van der Waals surface area contributed by atoms with Gasteiger partial charge < -0.3 is 0 Å². The summed E-state index contributed by atoms with van der Waals surface area (Å²) in [4.78, 5) is 36.4. The predicted octanol–water partition coefficient (Wildman–Crippen LogP) is 1.26. The van der Waals surface area contributed by atoms with E-state index >= 15 is 0 Å². The van der Waals surface area contributed by atoms with E-state index in [0.717, 1.165) is 0 Å². The molecular formula is C24H16N16S. The molecule has 0 saturated carbocycles. The van der Waals surface area contributed by atoms with E-state index in [2.05, 4.69) is 55.1 Å². The second-order valence-corrected chi connectivity index (χ2v) is 8.94.